The number of aromatic nitrogens is 1. The van der Waals surface area contributed by atoms with E-state index >= 15 is 0 Å². The Morgan fingerprint density at radius 2 is 2.03 bits per heavy atom. The molecular formula is C22H32F3N3O3. The van der Waals surface area contributed by atoms with Gasteiger partial charge in [-0.2, -0.15) is 13.2 Å². The van der Waals surface area contributed by atoms with E-state index in [1.807, 2.05) is 6.92 Å². The summed E-state index contributed by atoms with van der Waals surface area (Å²) in [6.07, 6.45) is -0.257. The maximum atomic E-state index is 13.1. The number of amides is 1. The quantitative estimate of drug-likeness (QED) is 0.627. The molecule has 9 heteroatoms. The lowest BCUT2D eigenvalue weighted by Crippen LogP contribution is -2.44. The number of pyridine rings is 1. The number of rotatable bonds is 8. The van der Waals surface area contributed by atoms with Crippen LogP contribution in [0.5, 0.6) is 0 Å². The molecule has 1 saturated carbocycles. The predicted molar refractivity (Wildman–Crippen MR) is 111 cm³/mol. The molecule has 0 radical (unpaired) electrons. The SMILES string of the molecule is CCOCC[C@@H](CC)N[C@@H]1CC[C@H](C(=O)N2CCn3c(cc(C(F)(F)F)cc3=O)C2)C1. The average molecular weight is 444 g/mol. The number of carbonyl (C=O) groups excluding carboxylic acids is 1. The molecule has 1 aliphatic heterocycles. The summed E-state index contributed by atoms with van der Waals surface area (Å²) in [5.74, 6) is -0.159. The van der Waals surface area contributed by atoms with Crippen molar-refractivity contribution in [1.82, 2.24) is 14.8 Å². The van der Waals surface area contributed by atoms with Crippen LogP contribution in [0.15, 0.2) is 16.9 Å². The zero-order chi connectivity index (χ0) is 22.6. The second-order valence-electron chi connectivity index (χ2n) is 8.45. The van der Waals surface area contributed by atoms with E-state index in [4.69, 9.17) is 4.74 Å². The largest absolute Gasteiger partial charge is 0.416 e. The summed E-state index contributed by atoms with van der Waals surface area (Å²) in [6, 6.07) is 2.23. The topological polar surface area (TPSA) is 63.6 Å². The highest BCUT2D eigenvalue weighted by Crippen LogP contribution is 2.31. The van der Waals surface area contributed by atoms with Gasteiger partial charge in [0, 0.05) is 56.1 Å². The molecule has 1 N–H and O–H groups in total. The summed E-state index contributed by atoms with van der Waals surface area (Å²) in [7, 11) is 0. The molecule has 0 bridgehead atoms. The molecule has 0 spiro atoms. The van der Waals surface area contributed by atoms with Crippen LogP contribution < -0.4 is 10.9 Å². The number of ether oxygens (including phenoxy) is 1. The smallest absolute Gasteiger partial charge is 0.382 e. The number of hydrogen-bond acceptors (Lipinski definition) is 4. The van der Waals surface area contributed by atoms with Crippen LogP contribution in [0.25, 0.3) is 0 Å². The Morgan fingerprint density at radius 3 is 2.71 bits per heavy atom. The van der Waals surface area contributed by atoms with Gasteiger partial charge in [0.25, 0.3) is 5.56 Å². The molecule has 1 aromatic rings. The first-order chi connectivity index (χ1) is 14.7. The maximum absolute atomic E-state index is 13.1. The van der Waals surface area contributed by atoms with E-state index < -0.39 is 17.3 Å². The number of carbonyl (C=O) groups is 1. The van der Waals surface area contributed by atoms with Crippen molar-refractivity contribution in [3.05, 3.63) is 33.7 Å². The van der Waals surface area contributed by atoms with Crippen LogP contribution >= 0.6 is 0 Å². The van der Waals surface area contributed by atoms with Crippen molar-refractivity contribution in [2.75, 3.05) is 19.8 Å². The Morgan fingerprint density at radius 1 is 1.26 bits per heavy atom. The van der Waals surface area contributed by atoms with Crippen molar-refractivity contribution >= 4 is 5.91 Å². The van der Waals surface area contributed by atoms with Crippen LogP contribution in [-0.4, -0.2) is 47.2 Å². The van der Waals surface area contributed by atoms with Gasteiger partial charge >= 0.3 is 6.18 Å². The van der Waals surface area contributed by atoms with Gasteiger partial charge < -0.3 is 19.5 Å². The van der Waals surface area contributed by atoms with Crippen molar-refractivity contribution in [1.29, 1.82) is 0 Å². The molecule has 2 aliphatic rings. The summed E-state index contributed by atoms with van der Waals surface area (Å²) < 4.78 is 46.0. The molecule has 3 rings (SSSR count). The van der Waals surface area contributed by atoms with Crippen LogP contribution in [0.2, 0.25) is 0 Å². The molecule has 6 nitrogen and oxygen atoms in total. The fraction of sp³-hybridized carbons (Fsp3) is 0.727. The molecule has 0 unspecified atom stereocenters. The van der Waals surface area contributed by atoms with Crippen molar-refractivity contribution < 1.29 is 22.7 Å². The maximum Gasteiger partial charge on any atom is 0.416 e. The van der Waals surface area contributed by atoms with E-state index in [1.165, 1.54) is 4.57 Å². The summed E-state index contributed by atoms with van der Waals surface area (Å²) in [6.45, 7) is 6.12. The molecule has 174 valence electrons. The van der Waals surface area contributed by atoms with Gasteiger partial charge in [0.05, 0.1) is 12.1 Å². The highest BCUT2D eigenvalue weighted by Gasteiger charge is 2.36. The molecule has 3 atom stereocenters. The Kier molecular flexibility index (Phi) is 7.80. The summed E-state index contributed by atoms with van der Waals surface area (Å²) >= 11 is 0. The van der Waals surface area contributed by atoms with E-state index in [0.717, 1.165) is 38.2 Å². The molecule has 1 amide bonds. The van der Waals surface area contributed by atoms with Crippen LogP contribution in [0.3, 0.4) is 0 Å². The molecule has 31 heavy (non-hydrogen) atoms. The van der Waals surface area contributed by atoms with Gasteiger partial charge in [-0.3, -0.25) is 9.59 Å². The minimum Gasteiger partial charge on any atom is -0.382 e. The standard InChI is InChI=1S/C22H32F3N3O3/c1-3-17(7-10-31-4-2)26-18-6-5-15(11-18)21(30)27-8-9-28-19(14-27)12-16(13-20(28)29)22(23,24)25/h12-13,15,17-18,26H,3-11,14H2,1-2H3/t15-,17+,18+/m0/s1. The first-order valence-corrected chi connectivity index (χ1v) is 11.2. The Hall–Kier alpha value is -1.87. The van der Waals surface area contributed by atoms with Crippen LogP contribution in [0, 0.1) is 5.92 Å². The van der Waals surface area contributed by atoms with Crippen LogP contribution in [0.4, 0.5) is 13.2 Å². The van der Waals surface area contributed by atoms with Crippen LogP contribution in [-0.2, 0) is 28.8 Å². The number of halogens is 3. The molecule has 1 aliphatic carbocycles. The second-order valence-corrected chi connectivity index (χ2v) is 8.45. The summed E-state index contributed by atoms with van der Waals surface area (Å²) in [5, 5.41) is 3.64. The molecule has 2 heterocycles. The third-order valence-corrected chi connectivity index (χ3v) is 6.36. The minimum atomic E-state index is -4.58. The van der Waals surface area contributed by atoms with Gasteiger partial charge in [0.1, 0.15) is 0 Å². The minimum absolute atomic E-state index is 0.0252. The Balaban J connectivity index is 1.60. The highest BCUT2D eigenvalue weighted by atomic mass is 19.4. The lowest BCUT2D eigenvalue weighted by Gasteiger charge is -2.32. The van der Waals surface area contributed by atoms with Gasteiger partial charge in [-0.1, -0.05) is 6.92 Å². The summed E-state index contributed by atoms with van der Waals surface area (Å²) in [5.41, 5.74) is -1.38. The lowest BCUT2D eigenvalue weighted by molar-refractivity contribution is -0.138. The number of hydrogen-bond donors (Lipinski definition) is 1. The molecule has 0 saturated heterocycles. The number of nitrogens with one attached hydrogen (secondary N) is 1. The molecule has 1 aromatic heterocycles. The molecule has 1 fully saturated rings. The average Bonchev–Trinajstić information content (AvgIpc) is 3.20. The third kappa shape index (κ3) is 5.88. The monoisotopic (exact) mass is 443 g/mol. The van der Waals surface area contributed by atoms with E-state index in [1.54, 1.807) is 4.90 Å². The van der Waals surface area contributed by atoms with Crippen LogP contribution in [0.1, 0.15) is 57.2 Å². The van der Waals surface area contributed by atoms with E-state index in [2.05, 4.69) is 12.2 Å². The zero-order valence-corrected chi connectivity index (χ0v) is 18.2. The fourth-order valence-corrected chi connectivity index (χ4v) is 4.61. The van der Waals surface area contributed by atoms with Gasteiger partial charge in [-0.15, -0.1) is 0 Å². The van der Waals surface area contributed by atoms with Gasteiger partial charge in [0.15, 0.2) is 0 Å². The van der Waals surface area contributed by atoms with E-state index in [0.29, 0.717) is 31.9 Å². The zero-order valence-electron chi connectivity index (χ0n) is 18.2. The number of fused-ring (bicyclic) bond motifs is 1. The Bertz CT molecular complexity index is 824. The second kappa shape index (κ2) is 10.2. The molecular weight excluding hydrogens is 411 g/mol. The molecule has 0 aromatic carbocycles. The normalized spacial score (nSPS) is 22.4. The van der Waals surface area contributed by atoms with Crippen molar-refractivity contribution in [2.24, 2.45) is 5.92 Å². The van der Waals surface area contributed by atoms with Gasteiger partial charge in [-0.05, 0) is 45.1 Å². The predicted octanol–water partition coefficient (Wildman–Crippen LogP) is 3.17. The van der Waals surface area contributed by atoms with E-state index in [-0.39, 0.29) is 36.7 Å². The van der Waals surface area contributed by atoms with Crippen molar-refractivity contribution in [3.63, 3.8) is 0 Å². The van der Waals surface area contributed by atoms with Gasteiger partial charge in [-0.25, -0.2) is 0 Å². The summed E-state index contributed by atoms with van der Waals surface area (Å²) in [4.78, 5) is 26.7. The van der Waals surface area contributed by atoms with E-state index in [9.17, 15) is 22.8 Å². The Labute approximate surface area is 180 Å². The van der Waals surface area contributed by atoms with Crippen molar-refractivity contribution in [2.45, 2.75) is 77.3 Å². The first-order valence-electron chi connectivity index (χ1n) is 11.2. The lowest BCUT2D eigenvalue weighted by atomic mass is 10.0. The number of nitrogens with zero attached hydrogens (tertiary/aromatic N) is 2. The highest BCUT2D eigenvalue weighted by molar-refractivity contribution is 5.79. The fourth-order valence-electron chi connectivity index (χ4n) is 4.61. The first kappa shape index (κ1) is 23.8. The van der Waals surface area contributed by atoms with Crippen molar-refractivity contribution in [3.8, 4) is 0 Å². The number of alkyl halides is 3. The van der Waals surface area contributed by atoms with Gasteiger partial charge in [0.2, 0.25) is 5.91 Å². The third-order valence-electron chi connectivity index (χ3n) is 6.36.